The Kier molecular flexibility index (Phi) is 4.60. The first-order valence-corrected chi connectivity index (χ1v) is 9.88. The van der Waals surface area contributed by atoms with Gasteiger partial charge in [-0.1, -0.05) is 24.3 Å². The lowest BCUT2D eigenvalue weighted by Crippen LogP contribution is -2.44. The van der Waals surface area contributed by atoms with Gasteiger partial charge in [0.2, 0.25) is 5.95 Å². The third-order valence-corrected chi connectivity index (χ3v) is 5.55. The van der Waals surface area contributed by atoms with Crippen LogP contribution in [0.2, 0.25) is 0 Å². The van der Waals surface area contributed by atoms with E-state index < -0.39 is 11.8 Å². The van der Waals surface area contributed by atoms with E-state index in [9.17, 15) is 14.7 Å². The fourth-order valence-electron chi connectivity index (χ4n) is 4.01. The monoisotopic (exact) mass is 429 g/mol. The van der Waals surface area contributed by atoms with Crippen LogP contribution in [0.15, 0.2) is 67.0 Å². The number of imidazole rings is 1. The van der Waals surface area contributed by atoms with Gasteiger partial charge in [0.1, 0.15) is 0 Å². The van der Waals surface area contributed by atoms with Gasteiger partial charge in [0.05, 0.1) is 18.1 Å². The molecule has 32 heavy (non-hydrogen) atoms. The van der Waals surface area contributed by atoms with Crippen molar-refractivity contribution in [2.24, 2.45) is 0 Å². The van der Waals surface area contributed by atoms with Crippen LogP contribution in [0.5, 0.6) is 0 Å². The molecule has 2 aromatic heterocycles. The summed E-state index contributed by atoms with van der Waals surface area (Å²) in [6.07, 6.45) is 2.64. The van der Waals surface area contributed by atoms with E-state index in [0.717, 1.165) is 5.56 Å². The summed E-state index contributed by atoms with van der Waals surface area (Å²) in [6, 6.07) is 15.8. The number of hydrogen-bond acceptors (Lipinski definition) is 6. The van der Waals surface area contributed by atoms with Crippen molar-refractivity contribution in [1.82, 2.24) is 19.9 Å². The number of methoxy groups -OCH3 is 1. The summed E-state index contributed by atoms with van der Waals surface area (Å²) in [5.74, 6) is -0.0507. The second-order valence-electron chi connectivity index (χ2n) is 7.40. The second kappa shape index (κ2) is 7.47. The number of aliphatic hydroxyl groups is 1. The van der Waals surface area contributed by atoms with Gasteiger partial charge in [0.25, 0.3) is 5.91 Å². The number of carbonyl (C=O) groups excluding carboxylic acids is 2. The largest absolute Gasteiger partial charge is 0.453 e. The molecule has 0 fully saturated rings. The third-order valence-electron chi connectivity index (χ3n) is 5.55. The minimum absolute atomic E-state index is 0.197. The average Bonchev–Trinajstić information content (AvgIpc) is 3.32. The molecule has 2 amide bonds. The summed E-state index contributed by atoms with van der Waals surface area (Å²) in [4.78, 5) is 37.5. The third kappa shape index (κ3) is 3.07. The number of rotatable bonds is 4. The fraction of sp³-hybridized carbons (Fsp3) is 0.130. The lowest BCUT2D eigenvalue weighted by molar-refractivity contribution is -0.0542. The number of carbonyl (C=O) groups is 2. The minimum atomic E-state index is -1.69. The lowest BCUT2D eigenvalue weighted by Gasteiger charge is -2.35. The molecule has 0 aliphatic carbocycles. The van der Waals surface area contributed by atoms with E-state index in [1.54, 1.807) is 67.0 Å². The molecule has 0 saturated heterocycles. The van der Waals surface area contributed by atoms with E-state index in [1.807, 2.05) is 0 Å². The summed E-state index contributed by atoms with van der Waals surface area (Å²) < 4.78 is 4.59. The number of ether oxygens (including phenoxy) is 1. The molecule has 1 unspecified atom stereocenters. The Morgan fingerprint density at radius 2 is 1.97 bits per heavy atom. The number of hydrogen-bond donors (Lipinski definition) is 3. The van der Waals surface area contributed by atoms with Gasteiger partial charge >= 0.3 is 6.09 Å². The Morgan fingerprint density at radius 3 is 2.75 bits per heavy atom. The number of H-pyrrole nitrogens is 1. The number of benzene rings is 2. The van der Waals surface area contributed by atoms with E-state index in [2.05, 4.69) is 25.0 Å². The zero-order valence-electron chi connectivity index (χ0n) is 17.1. The van der Waals surface area contributed by atoms with E-state index in [-0.39, 0.29) is 18.4 Å². The molecule has 0 saturated carbocycles. The molecular formula is C23H19N5O4. The summed E-state index contributed by atoms with van der Waals surface area (Å²) in [7, 11) is 1.26. The topological polar surface area (TPSA) is 120 Å². The van der Waals surface area contributed by atoms with E-state index in [4.69, 9.17) is 0 Å². The van der Waals surface area contributed by atoms with E-state index in [1.165, 1.54) is 12.0 Å². The second-order valence-corrected chi connectivity index (χ2v) is 7.40. The van der Waals surface area contributed by atoms with Gasteiger partial charge in [-0.25, -0.2) is 9.78 Å². The number of aromatic nitrogens is 3. The molecule has 9 nitrogen and oxygen atoms in total. The van der Waals surface area contributed by atoms with Gasteiger partial charge in [-0.2, -0.15) is 0 Å². The van der Waals surface area contributed by atoms with E-state index >= 15 is 0 Å². The van der Waals surface area contributed by atoms with Crippen molar-refractivity contribution in [3.05, 3.63) is 89.2 Å². The first-order chi connectivity index (χ1) is 15.5. The van der Waals surface area contributed by atoms with Crippen molar-refractivity contribution in [2.45, 2.75) is 12.3 Å². The molecule has 4 aromatic rings. The first-order valence-electron chi connectivity index (χ1n) is 9.88. The molecule has 0 radical (unpaired) electrons. The number of nitrogens with zero attached hydrogens (tertiary/aromatic N) is 3. The number of nitrogens with one attached hydrogen (secondary N) is 2. The Morgan fingerprint density at radius 1 is 1.19 bits per heavy atom. The molecule has 1 aliphatic heterocycles. The molecule has 0 bridgehead atoms. The highest BCUT2D eigenvalue weighted by atomic mass is 16.5. The maximum atomic E-state index is 13.3. The van der Waals surface area contributed by atoms with Crippen LogP contribution in [0.4, 0.5) is 10.7 Å². The maximum Gasteiger partial charge on any atom is 0.413 e. The Balaban J connectivity index is 1.61. The normalized spacial score (nSPS) is 17.4. The molecule has 2 aromatic carbocycles. The van der Waals surface area contributed by atoms with Crippen LogP contribution < -0.4 is 5.32 Å². The Labute approximate surface area is 182 Å². The SMILES string of the molecule is COC(=O)Nc1nc2ccc(C3(O)c4ccccc4C(=O)N3Cc3ccncc3)cc2[nH]1. The summed E-state index contributed by atoms with van der Waals surface area (Å²) in [6.45, 7) is 0.197. The first kappa shape index (κ1) is 19.7. The Bertz CT molecular complexity index is 1340. The summed E-state index contributed by atoms with van der Waals surface area (Å²) in [5, 5.41) is 14.5. The Hall–Kier alpha value is -4.24. The molecule has 1 aliphatic rings. The average molecular weight is 429 g/mol. The number of anilines is 1. The van der Waals surface area contributed by atoms with Crippen molar-refractivity contribution >= 4 is 29.0 Å². The molecule has 1 atom stereocenters. The molecule has 5 rings (SSSR count). The van der Waals surface area contributed by atoms with Gasteiger partial charge in [0, 0.05) is 35.6 Å². The predicted octanol–water partition coefficient (Wildman–Crippen LogP) is 2.99. The standard InChI is InChI=1S/C23H19N5O4/c1-32-22(30)27-21-25-18-7-6-15(12-19(18)26-21)23(31)17-5-3-2-4-16(17)20(29)28(23)13-14-8-10-24-11-9-14/h2-12,31H,13H2,1H3,(H2,25,26,27,30). The van der Waals surface area contributed by atoms with E-state index in [0.29, 0.717) is 27.7 Å². The van der Waals surface area contributed by atoms with Crippen LogP contribution >= 0.6 is 0 Å². The highest BCUT2D eigenvalue weighted by Gasteiger charge is 2.49. The van der Waals surface area contributed by atoms with Crippen molar-refractivity contribution in [3.8, 4) is 0 Å². The summed E-state index contributed by atoms with van der Waals surface area (Å²) in [5.41, 5.74) is 1.77. The number of fused-ring (bicyclic) bond motifs is 2. The number of aromatic amines is 1. The quantitative estimate of drug-likeness (QED) is 0.459. The molecule has 3 heterocycles. The minimum Gasteiger partial charge on any atom is -0.453 e. The van der Waals surface area contributed by atoms with Crippen LogP contribution in [0.3, 0.4) is 0 Å². The maximum absolute atomic E-state index is 13.3. The number of pyridine rings is 1. The van der Waals surface area contributed by atoms with Crippen LogP contribution in [0.25, 0.3) is 11.0 Å². The molecule has 3 N–H and O–H groups in total. The van der Waals surface area contributed by atoms with Gasteiger partial charge in [0.15, 0.2) is 5.72 Å². The van der Waals surface area contributed by atoms with Crippen molar-refractivity contribution < 1.29 is 19.4 Å². The molecule has 9 heteroatoms. The van der Waals surface area contributed by atoms with Gasteiger partial charge in [-0.15, -0.1) is 0 Å². The van der Waals surface area contributed by atoms with Crippen molar-refractivity contribution in [3.63, 3.8) is 0 Å². The van der Waals surface area contributed by atoms with Gasteiger partial charge < -0.3 is 14.8 Å². The highest BCUT2D eigenvalue weighted by molar-refractivity contribution is 6.00. The van der Waals surface area contributed by atoms with Crippen LogP contribution in [0, 0.1) is 0 Å². The van der Waals surface area contributed by atoms with Crippen LogP contribution in [-0.2, 0) is 17.0 Å². The highest BCUT2D eigenvalue weighted by Crippen LogP contribution is 2.43. The smallest absolute Gasteiger partial charge is 0.413 e. The van der Waals surface area contributed by atoms with Crippen LogP contribution in [0.1, 0.15) is 27.0 Å². The van der Waals surface area contributed by atoms with Gasteiger partial charge in [-0.05, 0) is 35.9 Å². The fourth-order valence-corrected chi connectivity index (χ4v) is 4.01. The zero-order valence-corrected chi connectivity index (χ0v) is 17.1. The molecule has 160 valence electrons. The number of amides is 2. The lowest BCUT2D eigenvalue weighted by atomic mass is 9.93. The summed E-state index contributed by atoms with van der Waals surface area (Å²) >= 11 is 0. The van der Waals surface area contributed by atoms with Gasteiger partial charge in [-0.3, -0.25) is 20.0 Å². The zero-order chi connectivity index (χ0) is 22.3. The molecule has 0 spiro atoms. The predicted molar refractivity (Wildman–Crippen MR) is 116 cm³/mol. The van der Waals surface area contributed by atoms with Crippen molar-refractivity contribution in [2.75, 3.05) is 12.4 Å². The van der Waals surface area contributed by atoms with Crippen LogP contribution in [-0.4, -0.2) is 44.1 Å². The molecular weight excluding hydrogens is 410 g/mol. The van der Waals surface area contributed by atoms with Crippen molar-refractivity contribution in [1.29, 1.82) is 0 Å².